The van der Waals surface area contributed by atoms with Crippen molar-refractivity contribution in [1.29, 1.82) is 0 Å². The van der Waals surface area contributed by atoms with Crippen molar-refractivity contribution in [1.82, 2.24) is 4.90 Å². The number of carbonyl (C=O) groups is 2. The molecule has 25 heavy (non-hydrogen) atoms. The number of nitro groups is 1. The van der Waals surface area contributed by atoms with Crippen molar-refractivity contribution in [2.24, 2.45) is 0 Å². The number of amides is 1. The van der Waals surface area contributed by atoms with Gasteiger partial charge in [0, 0.05) is 25.2 Å². The molecule has 0 aliphatic heterocycles. The molecule has 0 aromatic heterocycles. The first-order valence-electron chi connectivity index (χ1n) is 7.55. The topological polar surface area (TPSA) is 99.0 Å². The quantitative estimate of drug-likeness (QED) is 0.313. The van der Waals surface area contributed by atoms with Gasteiger partial charge in [-0.15, -0.1) is 0 Å². The van der Waals surface area contributed by atoms with Gasteiger partial charge in [-0.1, -0.05) is 11.6 Å². The Morgan fingerprint density at radius 3 is 2.56 bits per heavy atom. The highest BCUT2D eigenvalue weighted by Gasteiger charge is 2.20. The van der Waals surface area contributed by atoms with Gasteiger partial charge in [-0.05, 0) is 33.3 Å². The fourth-order valence-corrected chi connectivity index (χ4v) is 2.06. The largest absolute Gasteiger partial charge is 0.492 e. The van der Waals surface area contributed by atoms with Crippen LogP contribution in [0.3, 0.4) is 0 Å². The van der Waals surface area contributed by atoms with Crippen LogP contribution in [0.15, 0.2) is 12.1 Å². The molecule has 0 saturated carbocycles. The third-order valence-corrected chi connectivity index (χ3v) is 3.36. The molecule has 0 aliphatic carbocycles. The summed E-state index contributed by atoms with van der Waals surface area (Å²) in [5, 5.41) is 10.8. The number of ether oxygens (including phenoxy) is 2. The minimum atomic E-state index is -0.682. The van der Waals surface area contributed by atoms with Crippen molar-refractivity contribution in [2.75, 3.05) is 20.2 Å². The van der Waals surface area contributed by atoms with Gasteiger partial charge < -0.3 is 14.4 Å². The molecule has 1 rings (SSSR count). The summed E-state index contributed by atoms with van der Waals surface area (Å²) in [7, 11) is 1.60. The van der Waals surface area contributed by atoms with Crippen LogP contribution in [0, 0.1) is 10.1 Å². The lowest BCUT2D eigenvalue weighted by Crippen LogP contribution is -2.35. The molecular formula is C16H21ClN2O6. The van der Waals surface area contributed by atoms with E-state index in [1.807, 2.05) is 0 Å². The minimum absolute atomic E-state index is 0.0536. The Labute approximate surface area is 150 Å². The Balaban J connectivity index is 2.62. The van der Waals surface area contributed by atoms with Crippen LogP contribution >= 0.6 is 11.6 Å². The van der Waals surface area contributed by atoms with Crippen LogP contribution in [0.4, 0.5) is 10.5 Å². The summed E-state index contributed by atoms with van der Waals surface area (Å²) in [5.74, 6) is 0.0536. The number of halogens is 1. The highest BCUT2D eigenvalue weighted by molar-refractivity contribution is 6.34. The van der Waals surface area contributed by atoms with Crippen LogP contribution in [-0.4, -0.2) is 48.0 Å². The fraction of sp³-hybridized carbons (Fsp3) is 0.500. The van der Waals surface area contributed by atoms with Gasteiger partial charge in [0.25, 0.3) is 5.69 Å². The summed E-state index contributed by atoms with van der Waals surface area (Å²) in [6, 6.07) is 2.42. The van der Waals surface area contributed by atoms with Crippen molar-refractivity contribution in [2.45, 2.75) is 32.8 Å². The maximum absolute atomic E-state index is 11.8. The Morgan fingerprint density at radius 2 is 2.04 bits per heavy atom. The molecule has 0 saturated heterocycles. The third kappa shape index (κ3) is 6.58. The van der Waals surface area contributed by atoms with Crippen molar-refractivity contribution in [3.05, 3.63) is 32.8 Å². The van der Waals surface area contributed by atoms with Crippen LogP contribution < -0.4 is 4.74 Å². The van der Waals surface area contributed by atoms with E-state index >= 15 is 0 Å². The van der Waals surface area contributed by atoms with Crippen molar-refractivity contribution in [3.8, 4) is 5.75 Å². The molecule has 0 aliphatic rings. The van der Waals surface area contributed by atoms with E-state index in [1.165, 1.54) is 11.0 Å². The van der Waals surface area contributed by atoms with E-state index in [-0.39, 0.29) is 22.9 Å². The van der Waals surface area contributed by atoms with E-state index in [4.69, 9.17) is 21.1 Å². The number of aldehydes is 1. The molecule has 8 nitrogen and oxygen atoms in total. The zero-order valence-corrected chi connectivity index (χ0v) is 15.3. The van der Waals surface area contributed by atoms with Gasteiger partial charge in [0.05, 0.1) is 11.5 Å². The predicted molar refractivity (Wildman–Crippen MR) is 92.5 cm³/mol. The monoisotopic (exact) mass is 372 g/mol. The highest BCUT2D eigenvalue weighted by Crippen LogP contribution is 2.35. The molecule has 0 fully saturated rings. The molecule has 138 valence electrons. The van der Waals surface area contributed by atoms with Gasteiger partial charge in [-0.25, -0.2) is 4.79 Å². The molecule has 0 bridgehead atoms. The molecule has 0 atom stereocenters. The van der Waals surface area contributed by atoms with Crippen LogP contribution in [0.1, 0.15) is 37.6 Å². The van der Waals surface area contributed by atoms with Gasteiger partial charge in [-0.2, -0.15) is 0 Å². The number of rotatable bonds is 7. The van der Waals surface area contributed by atoms with Crippen LogP contribution in [0.5, 0.6) is 5.75 Å². The second-order valence-corrected chi connectivity index (χ2v) is 6.71. The lowest BCUT2D eigenvalue weighted by molar-refractivity contribution is -0.384. The molecule has 1 amide bonds. The van der Waals surface area contributed by atoms with Crippen molar-refractivity contribution >= 4 is 29.7 Å². The number of nitrogens with zero attached hydrogens (tertiary/aromatic N) is 2. The SMILES string of the molecule is CN(CCCOc1cc(C=O)cc([N+](=O)[O-])c1Cl)C(=O)OC(C)(C)C. The lowest BCUT2D eigenvalue weighted by Gasteiger charge is -2.24. The minimum Gasteiger partial charge on any atom is -0.492 e. The number of hydrogen-bond acceptors (Lipinski definition) is 6. The van der Waals surface area contributed by atoms with E-state index in [0.29, 0.717) is 19.3 Å². The molecule has 0 N–H and O–H groups in total. The summed E-state index contributed by atoms with van der Waals surface area (Å²) < 4.78 is 10.6. The van der Waals surface area contributed by atoms with Crippen molar-refractivity contribution < 1.29 is 24.0 Å². The smallest absolute Gasteiger partial charge is 0.410 e. The van der Waals surface area contributed by atoms with E-state index < -0.39 is 22.3 Å². The van der Waals surface area contributed by atoms with E-state index in [2.05, 4.69) is 0 Å². The van der Waals surface area contributed by atoms with Gasteiger partial charge in [0.2, 0.25) is 0 Å². The zero-order chi connectivity index (χ0) is 19.2. The predicted octanol–water partition coefficient (Wildman–Crippen LogP) is 3.70. The summed E-state index contributed by atoms with van der Waals surface area (Å²) in [5.41, 5.74) is -0.882. The average molecular weight is 373 g/mol. The molecule has 0 radical (unpaired) electrons. The first kappa shape index (κ1) is 20.7. The second-order valence-electron chi connectivity index (χ2n) is 6.33. The summed E-state index contributed by atoms with van der Waals surface area (Å²) in [6.07, 6.45) is 0.474. The summed E-state index contributed by atoms with van der Waals surface area (Å²) in [4.78, 5) is 34.3. The first-order chi connectivity index (χ1) is 11.5. The van der Waals surface area contributed by atoms with Gasteiger partial charge in [0.1, 0.15) is 17.6 Å². The van der Waals surface area contributed by atoms with Crippen LogP contribution in [0.25, 0.3) is 0 Å². The average Bonchev–Trinajstić information content (AvgIpc) is 2.50. The van der Waals surface area contributed by atoms with Crippen LogP contribution in [-0.2, 0) is 4.74 Å². The Bertz CT molecular complexity index is 657. The van der Waals surface area contributed by atoms with Crippen molar-refractivity contribution in [3.63, 3.8) is 0 Å². The molecule has 1 aromatic rings. The van der Waals surface area contributed by atoms with E-state index in [1.54, 1.807) is 27.8 Å². The molecular weight excluding hydrogens is 352 g/mol. The first-order valence-corrected chi connectivity index (χ1v) is 7.93. The molecule has 9 heteroatoms. The maximum Gasteiger partial charge on any atom is 0.410 e. The van der Waals surface area contributed by atoms with Gasteiger partial charge >= 0.3 is 6.09 Å². The molecule has 1 aromatic carbocycles. The zero-order valence-electron chi connectivity index (χ0n) is 14.6. The maximum atomic E-state index is 11.8. The van der Waals surface area contributed by atoms with Gasteiger partial charge in [-0.3, -0.25) is 14.9 Å². The van der Waals surface area contributed by atoms with Crippen LogP contribution in [0.2, 0.25) is 5.02 Å². The van der Waals surface area contributed by atoms with E-state index in [0.717, 1.165) is 6.07 Å². The molecule has 0 spiro atoms. The van der Waals surface area contributed by atoms with Gasteiger partial charge in [0.15, 0.2) is 5.02 Å². The van der Waals surface area contributed by atoms with E-state index in [9.17, 15) is 19.7 Å². The highest BCUT2D eigenvalue weighted by atomic mass is 35.5. The lowest BCUT2D eigenvalue weighted by atomic mass is 10.2. The summed E-state index contributed by atoms with van der Waals surface area (Å²) in [6.45, 7) is 5.85. The second kappa shape index (κ2) is 8.66. The number of hydrogen-bond donors (Lipinski definition) is 0. The third-order valence-electron chi connectivity index (χ3n) is 2.98. The molecule has 0 heterocycles. The summed E-state index contributed by atoms with van der Waals surface area (Å²) >= 11 is 5.93. The standard InChI is InChI=1S/C16H21ClN2O6/c1-16(2,3)25-15(21)18(4)6-5-7-24-13-9-11(10-20)8-12(14(13)17)19(22)23/h8-10H,5-7H2,1-4H3. The fourth-order valence-electron chi connectivity index (χ4n) is 1.82. The normalized spacial score (nSPS) is 10.9. The Morgan fingerprint density at radius 1 is 1.40 bits per heavy atom. The Kier molecular flexibility index (Phi) is 7.17. The molecule has 0 unspecified atom stereocenters. The number of carbonyl (C=O) groups excluding carboxylic acids is 2. The number of nitro benzene ring substituents is 1. The Hall–Kier alpha value is -2.35. The number of benzene rings is 1.